The number of allylic oxidation sites excluding steroid dienone is 1. The third-order valence-electron chi connectivity index (χ3n) is 4.20. The van der Waals surface area contributed by atoms with Gasteiger partial charge in [-0.25, -0.2) is 0 Å². The van der Waals surface area contributed by atoms with E-state index in [-0.39, 0.29) is 0 Å². The minimum absolute atomic E-state index is 0.881. The van der Waals surface area contributed by atoms with E-state index in [1.165, 1.54) is 30.4 Å². The van der Waals surface area contributed by atoms with Crippen molar-refractivity contribution in [3.05, 3.63) is 48.0 Å². The van der Waals surface area contributed by atoms with E-state index in [0.717, 1.165) is 17.9 Å². The highest BCUT2D eigenvalue weighted by Crippen LogP contribution is 2.54. The van der Waals surface area contributed by atoms with E-state index in [1.807, 2.05) is 0 Å². The molecule has 2 rings (SSSR count). The van der Waals surface area contributed by atoms with Gasteiger partial charge in [-0.1, -0.05) is 62.1 Å². The lowest BCUT2D eigenvalue weighted by Crippen LogP contribution is -2.20. The Hall–Kier alpha value is -0.823. The molecular weight excluding hydrogens is 232 g/mol. The lowest BCUT2D eigenvalue weighted by molar-refractivity contribution is 0.764. The van der Waals surface area contributed by atoms with Crippen LogP contribution in [0.25, 0.3) is 0 Å². The van der Waals surface area contributed by atoms with Crippen molar-refractivity contribution in [1.29, 1.82) is 0 Å². The largest absolute Gasteiger partial charge is 0.0998 e. The maximum atomic E-state index is 4.28. The SMILES string of the molecule is C=C(CCc1ccccc1)CC1CC1[Si](C)(C)C. The van der Waals surface area contributed by atoms with Crippen LogP contribution in [0.2, 0.25) is 25.2 Å². The summed E-state index contributed by atoms with van der Waals surface area (Å²) >= 11 is 0. The molecule has 98 valence electrons. The van der Waals surface area contributed by atoms with Gasteiger partial charge in [0.05, 0.1) is 0 Å². The maximum Gasteiger partial charge on any atom is 0.0476 e. The van der Waals surface area contributed by atoms with Gasteiger partial charge in [-0.2, -0.15) is 0 Å². The Morgan fingerprint density at radius 1 is 1.22 bits per heavy atom. The van der Waals surface area contributed by atoms with Crippen molar-refractivity contribution in [2.75, 3.05) is 0 Å². The Kier molecular flexibility index (Phi) is 4.11. The van der Waals surface area contributed by atoms with Crippen LogP contribution in [0.1, 0.15) is 24.8 Å². The monoisotopic (exact) mass is 258 g/mol. The molecule has 0 nitrogen and oxygen atoms in total. The molecule has 1 fully saturated rings. The zero-order chi connectivity index (χ0) is 13.2. The molecule has 2 unspecified atom stereocenters. The first kappa shape index (κ1) is 13.6. The average molecular weight is 258 g/mol. The standard InChI is InChI=1S/C17H26Si/c1-14(10-11-15-8-6-5-7-9-15)12-16-13-17(16)18(2,3)4/h5-9,16-17H,1,10-13H2,2-4H3. The fraction of sp³-hybridized carbons (Fsp3) is 0.529. The van der Waals surface area contributed by atoms with E-state index in [0.29, 0.717) is 0 Å². The molecule has 0 heterocycles. The molecule has 1 heteroatoms. The molecule has 1 aromatic carbocycles. The van der Waals surface area contributed by atoms with Gasteiger partial charge in [0.25, 0.3) is 0 Å². The van der Waals surface area contributed by atoms with Gasteiger partial charge in [-0.3, -0.25) is 0 Å². The molecule has 18 heavy (non-hydrogen) atoms. The Bertz CT molecular complexity index is 399. The van der Waals surface area contributed by atoms with Crippen LogP contribution in [0, 0.1) is 5.92 Å². The highest BCUT2D eigenvalue weighted by atomic mass is 28.3. The second-order valence-corrected chi connectivity index (χ2v) is 12.4. The molecule has 1 aromatic rings. The van der Waals surface area contributed by atoms with Crippen molar-refractivity contribution in [1.82, 2.24) is 0 Å². The number of benzene rings is 1. The number of hydrogen-bond acceptors (Lipinski definition) is 0. The first-order valence-electron chi connectivity index (χ1n) is 7.17. The molecule has 0 radical (unpaired) electrons. The topological polar surface area (TPSA) is 0 Å². The second-order valence-electron chi connectivity index (χ2n) is 6.91. The molecular formula is C17H26Si. The van der Waals surface area contributed by atoms with Crippen LogP contribution in [0.4, 0.5) is 0 Å². The molecule has 0 spiro atoms. The second kappa shape index (κ2) is 5.44. The summed E-state index contributed by atoms with van der Waals surface area (Å²) in [5, 5.41) is 0. The summed E-state index contributed by atoms with van der Waals surface area (Å²) in [6.07, 6.45) is 5.07. The summed E-state index contributed by atoms with van der Waals surface area (Å²) in [5.74, 6) is 0.972. The van der Waals surface area contributed by atoms with Crippen LogP contribution in [-0.2, 0) is 6.42 Å². The first-order valence-corrected chi connectivity index (χ1v) is 10.7. The summed E-state index contributed by atoms with van der Waals surface area (Å²) in [6, 6.07) is 10.8. The van der Waals surface area contributed by atoms with E-state index >= 15 is 0 Å². The Morgan fingerprint density at radius 3 is 2.44 bits per heavy atom. The highest BCUT2D eigenvalue weighted by molar-refractivity contribution is 6.78. The van der Waals surface area contributed by atoms with Crippen LogP contribution in [-0.4, -0.2) is 8.07 Å². The summed E-state index contributed by atoms with van der Waals surface area (Å²) in [7, 11) is -0.881. The lowest BCUT2D eigenvalue weighted by Gasteiger charge is -2.15. The van der Waals surface area contributed by atoms with Crippen LogP contribution >= 0.6 is 0 Å². The van der Waals surface area contributed by atoms with Gasteiger partial charge in [0.1, 0.15) is 0 Å². The van der Waals surface area contributed by atoms with E-state index in [1.54, 1.807) is 0 Å². The van der Waals surface area contributed by atoms with E-state index in [4.69, 9.17) is 0 Å². The van der Waals surface area contributed by atoms with Crippen molar-refractivity contribution in [3.8, 4) is 0 Å². The van der Waals surface area contributed by atoms with Crippen LogP contribution in [0.3, 0.4) is 0 Å². The highest BCUT2D eigenvalue weighted by Gasteiger charge is 2.45. The molecule has 0 saturated heterocycles. The van der Waals surface area contributed by atoms with Gasteiger partial charge in [-0.05, 0) is 42.7 Å². The Labute approximate surface area is 113 Å². The van der Waals surface area contributed by atoms with Gasteiger partial charge < -0.3 is 0 Å². The van der Waals surface area contributed by atoms with Crippen LogP contribution in [0.15, 0.2) is 42.5 Å². The molecule has 1 aliphatic carbocycles. The third-order valence-corrected chi connectivity index (χ3v) is 7.13. The van der Waals surface area contributed by atoms with E-state index in [2.05, 4.69) is 56.6 Å². The fourth-order valence-electron chi connectivity index (χ4n) is 2.97. The molecule has 0 N–H and O–H groups in total. The van der Waals surface area contributed by atoms with Crippen molar-refractivity contribution in [2.45, 2.75) is 50.9 Å². The zero-order valence-electron chi connectivity index (χ0n) is 12.1. The third kappa shape index (κ3) is 3.84. The molecule has 1 saturated carbocycles. The maximum absolute atomic E-state index is 4.28. The van der Waals surface area contributed by atoms with Crippen molar-refractivity contribution < 1.29 is 0 Å². The molecule has 0 aromatic heterocycles. The molecule has 0 aliphatic heterocycles. The number of aryl methyl sites for hydroxylation is 1. The predicted octanol–water partition coefficient (Wildman–Crippen LogP) is 5.29. The van der Waals surface area contributed by atoms with E-state index in [9.17, 15) is 0 Å². The van der Waals surface area contributed by atoms with Gasteiger partial charge in [-0.15, -0.1) is 0 Å². The zero-order valence-corrected chi connectivity index (χ0v) is 13.1. The van der Waals surface area contributed by atoms with E-state index < -0.39 is 8.07 Å². The quantitative estimate of drug-likeness (QED) is 0.480. The van der Waals surface area contributed by atoms with Crippen LogP contribution in [0.5, 0.6) is 0 Å². The Balaban J connectivity index is 1.71. The molecule has 1 aliphatic rings. The summed E-state index contributed by atoms with van der Waals surface area (Å²) < 4.78 is 0. The minimum atomic E-state index is -0.881. The average Bonchev–Trinajstić information content (AvgIpc) is 3.07. The smallest absolute Gasteiger partial charge is 0.0476 e. The van der Waals surface area contributed by atoms with Gasteiger partial charge in [0.2, 0.25) is 0 Å². The number of rotatable bonds is 6. The normalized spacial score (nSPS) is 22.8. The van der Waals surface area contributed by atoms with Gasteiger partial charge >= 0.3 is 0 Å². The molecule has 0 bridgehead atoms. The predicted molar refractivity (Wildman–Crippen MR) is 83.7 cm³/mol. The molecule has 0 amide bonds. The van der Waals surface area contributed by atoms with Crippen molar-refractivity contribution in [3.63, 3.8) is 0 Å². The van der Waals surface area contributed by atoms with Gasteiger partial charge in [0.15, 0.2) is 0 Å². The van der Waals surface area contributed by atoms with Crippen molar-refractivity contribution >= 4 is 8.07 Å². The van der Waals surface area contributed by atoms with Gasteiger partial charge in [0, 0.05) is 8.07 Å². The Morgan fingerprint density at radius 2 is 1.89 bits per heavy atom. The van der Waals surface area contributed by atoms with Crippen molar-refractivity contribution in [2.24, 2.45) is 5.92 Å². The molecule has 2 atom stereocenters. The number of hydrogen-bond donors (Lipinski definition) is 0. The lowest BCUT2D eigenvalue weighted by atomic mass is 10.0. The summed E-state index contributed by atoms with van der Waals surface area (Å²) in [4.78, 5) is 0. The minimum Gasteiger partial charge on any atom is -0.0998 e. The fourth-order valence-corrected chi connectivity index (χ4v) is 5.51. The van der Waals surface area contributed by atoms with Crippen LogP contribution < -0.4 is 0 Å². The summed E-state index contributed by atoms with van der Waals surface area (Å²) in [5.41, 5.74) is 3.96. The first-order chi connectivity index (χ1) is 8.47. The summed E-state index contributed by atoms with van der Waals surface area (Å²) in [6.45, 7) is 11.8.